The Labute approximate surface area is 141 Å². The largest absolute Gasteiger partial charge is 0.481 e. The van der Waals surface area contributed by atoms with Gasteiger partial charge in [-0.05, 0) is 32.1 Å². The molecular formula is C18H26O6. The number of aliphatic carboxylic acids is 1. The van der Waals surface area contributed by atoms with Crippen molar-refractivity contribution in [3.63, 3.8) is 0 Å². The van der Waals surface area contributed by atoms with Gasteiger partial charge in [-0.3, -0.25) is 14.4 Å². The quantitative estimate of drug-likeness (QED) is 0.795. The van der Waals surface area contributed by atoms with Crippen LogP contribution in [0.25, 0.3) is 0 Å². The van der Waals surface area contributed by atoms with Gasteiger partial charge in [0.15, 0.2) is 0 Å². The molecule has 6 nitrogen and oxygen atoms in total. The first-order valence-corrected chi connectivity index (χ1v) is 8.65. The van der Waals surface area contributed by atoms with E-state index in [-0.39, 0.29) is 30.3 Å². The Morgan fingerprint density at radius 2 is 1.96 bits per heavy atom. The second-order valence-corrected chi connectivity index (χ2v) is 8.46. The van der Waals surface area contributed by atoms with E-state index in [1.807, 2.05) is 6.92 Å². The number of ether oxygens (including phenoxy) is 2. The molecule has 0 spiro atoms. The smallest absolute Gasteiger partial charge is 0.312 e. The molecule has 0 unspecified atom stereocenters. The zero-order valence-corrected chi connectivity index (χ0v) is 14.8. The molecule has 6 atom stereocenters. The van der Waals surface area contributed by atoms with Crippen molar-refractivity contribution in [1.29, 1.82) is 0 Å². The molecule has 3 aliphatic rings. The molecule has 0 radical (unpaired) electrons. The summed E-state index contributed by atoms with van der Waals surface area (Å²) in [5.41, 5.74) is -1.92. The average Bonchev–Trinajstić information content (AvgIpc) is 2.66. The highest BCUT2D eigenvalue weighted by Crippen LogP contribution is 2.66. The van der Waals surface area contributed by atoms with Crippen LogP contribution in [0.2, 0.25) is 0 Å². The summed E-state index contributed by atoms with van der Waals surface area (Å²) in [5.74, 6) is -1.90. The van der Waals surface area contributed by atoms with E-state index in [4.69, 9.17) is 9.47 Å². The van der Waals surface area contributed by atoms with Gasteiger partial charge in [0.05, 0.1) is 11.8 Å². The highest BCUT2D eigenvalue weighted by molar-refractivity contribution is 5.80. The predicted octanol–water partition coefficient (Wildman–Crippen LogP) is 2.54. The molecular weight excluding hydrogens is 312 g/mol. The minimum absolute atomic E-state index is 0.0285. The van der Waals surface area contributed by atoms with Crippen molar-refractivity contribution in [1.82, 2.24) is 0 Å². The van der Waals surface area contributed by atoms with Gasteiger partial charge in [0, 0.05) is 25.2 Å². The fourth-order valence-electron chi connectivity index (χ4n) is 6.13. The van der Waals surface area contributed by atoms with Gasteiger partial charge in [-0.1, -0.05) is 13.3 Å². The van der Waals surface area contributed by atoms with E-state index in [2.05, 4.69) is 6.92 Å². The van der Waals surface area contributed by atoms with Crippen LogP contribution >= 0.6 is 0 Å². The Hall–Kier alpha value is -1.59. The lowest BCUT2D eigenvalue weighted by atomic mass is 9.45. The van der Waals surface area contributed by atoms with Crippen molar-refractivity contribution in [2.24, 2.45) is 22.7 Å². The van der Waals surface area contributed by atoms with Gasteiger partial charge in [0.25, 0.3) is 0 Å². The molecule has 1 heterocycles. The molecule has 6 heteroatoms. The lowest BCUT2D eigenvalue weighted by Crippen LogP contribution is -2.62. The van der Waals surface area contributed by atoms with Crippen LogP contribution in [0, 0.1) is 22.7 Å². The minimum Gasteiger partial charge on any atom is -0.481 e. The van der Waals surface area contributed by atoms with E-state index in [1.54, 1.807) is 6.92 Å². The van der Waals surface area contributed by atoms with Crippen LogP contribution in [0.1, 0.15) is 59.8 Å². The van der Waals surface area contributed by atoms with E-state index in [0.29, 0.717) is 6.42 Å². The molecule has 1 N–H and O–H groups in total. The zero-order chi connectivity index (χ0) is 17.9. The summed E-state index contributed by atoms with van der Waals surface area (Å²) in [5, 5.41) is 9.46. The fraction of sp³-hybridized carbons (Fsp3) is 0.833. The number of hydrogen-bond donors (Lipinski definition) is 1. The first-order valence-electron chi connectivity index (χ1n) is 8.65. The third kappa shape index (κ3) is 2.25. The lowest BCUT2D eigenvalue weighted by Gasteiger charge is -2.59. The van der Waals surface area contributed by atoms with Crippen molar-refractivity contribution in [3.05, 3.63) is 0 Å². The summed E-state index contributed by atoms with van der Waals surface area (Å²) in [6, 6.07) is 0. The topological polar surface area (TPSA) is 89.9 Å². The van der Waals surface area contributed by atoms with Crippen LogP contribution in [-0.4, -0.2) is 34.7 Å². The highest BCUT2D eigenvalue weighted by atomic mass is 16.6. The predicted molar refractivity (Wildman–Crippen MR) is 84.0 cm³/mol. The molecule has 0 aromatic carbocycles. The summed E-state index contributed by atoms with van der Waals surface area (Å²) in [7, 11) is 0. The van der Waals surface area contributed by atoms with Crippen LogP contribution in [-0.2, 0) is 23.9 Å². The Morgan fingerprint density at radius 3 is 2.54 bits per heavy atom. The number of carbonyl (C=O) groups is 3. The molecule has 2 aliphatic carbocycles. The Morgan fingerprint density at radius 1 is 1.29 bits per heavy atom. The van der Waals surface area contributed by atoms with Crippen molar-refractivity contribution < 1.29 is 29.0 Å². The number of rotatable bonds is 3. The number of carboxylic acids is 1. The SMILES string of the molecule is CC(=O)O[C@]1(C)C[C@@H]2OC(=O)[C@]3(C)CCC[C@](C)([C@H]1CC(=O)O)[C@@H]23. The van der Waals surface area contributed by atoms with E-state index >= 15 is 0 Å². The van der Waals surface area contributed by atoms with Crippen molar-refractivity contribution in [3.8, 4) is 0 Å². The van der Waals surface area contributed by atoms with Crippen LogP contribution in [0.4, 0.5) is 0 Å². The van der Waals surface area contributed by atoms with Crippen LogP contribution < -0.4 is 0 Å². The summed E-state index contributed by atoms with van der Waals surface area (Å²) < 4.78 is 11.3. The van der Waals surface area contributed by atoms with E-state index in [0.717, 1.165) is 19.3 Å². The van der Waals surface area contributed by atoms with Gasteiger partial charge in [-0.15, -0.1) is 0 Å². The van der Waals surface area contributed by atoms with Gasteiger partial charge < -0.3 is 14.6 Å². The first kappa shape index (κ1) is 17.2. The first-order chi connectivity index (χ1) is 11.0. The second-order valence-electron chi connectivity index (χ2n) is 8.46. The van der Waals surface area contributed by atoms with E-state index in [1.165, 1.54) is 6.92 Å². The summed E-state index contributed by atoms with van der Waals surface area (Å²) >= 11 is 0. The molecule has 0 aromatic rings. The van der Waals surface area contributed by atoms with Gasteiger partial charge in [0.2, 0.25) is 0 Å². The van der Waals surface area contributed by atoms with E-state index in [9.17, 15) is 19.5 Å². The average molecular weight is 338 g/mol. The van der Waals surface area contributed by atoms with Gasteiger partial charge in [-0.2, -0.15) is 0 Å². The Kier molecular flexibility index (Phi) is 3.74. The van der Waals surface area contributed by atoms with Gasteiger partial charge >= 0.3 is 17.9 Å². The minimum atomic E-state index is -0.941. The van der Waals surface area contributed by atoms with E-state index < -0.39 is 28.4 Å². The Bertz CT molecular complexity index is 600. The maximum atomic E-state index is 12.5. The monoisotopic (exact) mass is 338 g/mol. The third-order valence-electron chi connectivity index (χ3n) is 6.80. The van der Waals surface area contributed by atoms with Crippen LogP contribution in [0.5, 0.6) is 0 Å². The molecule has 0 aromatic heterocycles. The number of esters is 2. The normalized spacial score (nSPS) is 46.8. The van der Waals surface area contributed by atoms with Crippen molar-refractivity contribution in [2.75, 3.05) is 0 Å². The maximum Gasteiger partial charge on any atom is 0.312 e. The third-order valence-corrected chi connectivity index (χ3v) is 6.80. The van der Waals surface area contributed by atoms with Gasteiger partial charge in [0.1, 0.15) is 11.7 Å². The highest BCUT2D eigenvalue weighted by Gasteiger charge is 2.70. The summed E-state index contributed by atoms with van der Waals surface area (Å²) in [6.07, 6.45) is 2.40. The van der Waals surface area contributed by atoms with Crippen molar-refractivity contribution >= 4 is 17.9 Å². The molecule has 3 rings (SSSR count). The molecule has 0 bridgehead atoms. The van der Waals surface area contributed by atoms with Gasteiger partial charge in [-0.25, -0.2) is 0 Å². The summed E-state index contributed by atoms with van der Waals surface area (Å²) in [6.45, 7) is 7.13. The number of hydrogen-bond acceptors (Lipinski definition) is 5. The fourth-order valence-corrected chi connectivity index (χ4v) is 6.13. The van der Waals surface area contributed by atoms with Crippen LogP contribution in [0.15, 0.2) is 0 Å². The molecule has 0 amide bonds. The molecule has 3 fully saturated rings. The molecule has 1 saturated heterocycles. The molecule has 24 heavy (non-hydrogen) atoms. The molecule has 2 saturated carbocycles. The van der Waals surface area contributed by atoms with Crippen LogP contribution in [0.3, 0.4) is 0 Å². The molecule has 134 valence electrons. The summed E-state index contributed by atoms with van der Waals surface area (Å²) in [4.78, 5) is 35.7. The van der Waals surface area contributed by atoms with Crippen molar-refractivity contribution in [2.45, 2.75) is 71.5 Å². The Balaban J connectivity index is 2.10. The maximum absolute atomic E-state index is 12.5. The zero-order valence-electron chi connectivity index (χ0n) is 14.8. The standard InChI is InChI=1S/C18H26O6/c1-10(19)24-18(4)9-11-14-16(2,12(18)8-13(20)21)6-5-7-17(14,3)15(22)23-11/h11-12,14H,5-9H2,1-4H3,(H,20,21)/t11-,12+,14+,16+,17+,18+/m0/s1. The number of carboxylic acid groups (broad SMARTS) is 1. The lowest BCUT2D eigenvalue weighted by molar-refractivity contribution is -0.209. The molecule has 1 aliphatic heterocycles. The number of carbonyl (C=O) groups excluding carboxylic acids is 2. The second kappa shape index (κ2) is 5.20.